The molecule has 0 aliphatic carbocycles. The van der Waals surface area contributed by atoms with E-state index in [2.05, 4.69) is 13.2 Å². The first-order valence-electron chi connectivity index (χ1n) is 7.65. The first-order chi connectivity index (χ1) is 12.3. The molecular weight excluding hydrogens is 332 g/mol. The topological polar surface area (TPSA) is 105 Å². The number of hydrogen-bond donors (Lipinski definition) is 2. The van der Waals surface area contributed by atoms with E-state index in [1.807, 2.05) is 24.3 Å². The number of esters is 2. The molecule has 6 heteroatoms. The molecule has 0 saturated carbocycles. The lowest BCUT2D eigenvalue weighted by Crippen LogP contribution is -2.16. The van der Waals surface area contributed by atoms with E-state index in [0.29, 0.717) is 11.5 Å². The van der Waals surface area contributed by atoms with Crippen molar-refractivity contribution >= 4 is 33.5 Å². The van der Waals surface area contributed by atoms with Crippen molar-refractivity contribution in [1.82, 2.24) is 0 Å². The minimum Gasteiger partial charge on any atom is -0.422 e. The van der Waals surface area contributed by atoms with Gasteiger partial charge in [-0.05, 0) is 45.8 Å². The van der Waals surface area contributed by atoms with Crippen molar-refractivity contribution in [3.8, 4) is 11.5 Å². The Balaban J connectivity index is 1.98. The molecule has 0 aliphatic heterocycles. The molecule has 0 heterocycles. The van der Waals surface area contributed by atoms with Crippen molar-refractivity contribution in [3.63, 3.8) is 0 Å². The molecule has 0 aliphatic rings. The largest absolute Gasteiger partial charge is 0.422 e. The fourth-order valence-electron chi connectivity index (χ4n) is 2.50. The highest BCUT2D eigenvalue weighted by molar-refractivity contribution is 6.08. The van der Waals surface area contributed by atoms with Crippen LogP contribution in [0.3, 0.4) is 0 Å². The molecule has 0 atom stereocenters. The molecule has 6 nitrogen and oxygen atoms in total. The quantitative estimate of drug-likeness (QED) is 0.325. The number of carbonyl (C=O) groups excluding carboxylic acids is 2. The summed E-state index contributed by atoms with van der Waals surface area (Å²) in [7, 11) is 0. The maximum absolute atomic E-state index is 11.5. The highest BCUT2D eigenvalue weighted by atomic mass is 16.5. The second-order valence-electron chi connectivity index (χ2n) is 5.66. The summed E-state index contributed by atoms with van der Waals surface area (Å²) in [6.07, 6.45) is 0. The van der Waals surface area contributed by atoms with Crippen LogP contribution in [0.15, 0.2) is 73.1 Å². The minimum atomic E-state index is -0.682. The van der Waals surface area contributed by atoms with Crippen LogP contribution in [-0.2, 0) is 9.59 Å². The van der Waals surface area contributed by atoms with Gasteiger partial charge in [-0.15, -0.1) is 0 Å². The Hall–Kier alpha value is -3.80. The summed E-state index contributed by atoms with van der Waals surface area (Å²) in [5.74, 6) is -0.614. The zero-order valence-corrected chi connectivity index (χ0v) is 13.8. The average molecular weight is 348 g/mol. The Morgan fingerprint density at radius 1 is 0.692 bits per heavy atom. The van der Waals surface area contributed by atoms with E-state index < -0.39 is 11.9 Å². The summed E-state index contributed by atoms with van der Waals surface area (Å²) in [6.45, 7) is 6.70. The van der Waals surface area contributed by atoms with E-state index in [0.717, 1.165) is 21.5 Å². The summed E-state index contributed by atoms with van der Waals surface area (Å²) in [6, 6.07) is 14.3. The summed E-state index contributed by atoms with van der Waals surface area (Å²) in [5.41, 5.74) is 10.3. The normalized spacial score (nSPS) is 10.5. The zero-order valence-electron chi connectivity index (χ0n) is 13.8. The molecule has 130 valence electrons. The first kappa shape index (κ1) is 17.0. The van der Waals surface area contributed by atoms with Crippen molar-refractivity contribution in [2.45, 2.75) is 0 Å². The van der Waals surface area contributed by atoms with Gasteiger partial charge < -0.3 is 20.9 Å². The van der Waals surface area contributed by atoms with Gasteiger partial charge in [0.15, 0.2) is 0 Å². The Kier molecular flexibility index (Phi) is 4.33. The molecular formula is C20H16N2O4. The smallest absolute Gasteiger partial charge is 0.358 e. The second-order valence-corrected chi connectivity index (χ2v) is 5.66. The number of nitrogens with two attached hydrogens (primary N) is 2. The number of fused-ring (bicyclic) bond motifs is 3. The van der Waals surface area contributed by atoms with Crippen LogP contribution in [0.2, 0.25) is 0 Å². The standard InChI is InChI=1S/C20H16N2O4/c1-11(21)19(23)25-15-5-7-17-13(9-15)3-4-14-10-16(6-8-18(14)17)26-20(24)12(2)22/h3-10H,1-2,21-22H2. The van der Waals surface area contributed by atoms with Crippen LogP contribution < -0.4 is 20.9 Å². The van der Waals surface area contributed by atoms with Gasteiger partial charge in [-0.1, -0.05) is 37.4 Å². The number of hydrogen-bond acceptors (Lipinski definition) is 6. The lowest BCUT2D eigenvalue weighted by Gasteiger charge is -2.09. The highest BCUT2D eigenvalue weighted by Gasteiger charge is 2.10. The molecule has 0 spiro atoms. The van der Waals surface area contributed by atoms with E-state index in [9.17, 15) is 9.59 Å². The van der Waals surface area contributed by atoms with Gasteiger partial charge in [0.25, 0.3) is 0 Å². The molecule has 4 N–H and O–H groups in total. The molecule has 3 aromatic rings. The molecule has 0 unspecified atom stereocenters. The fraction of sp³-hybridized carbons (Fsp3) is 0. The number of benzene rings is 3. The van der Waals surface area contributed by atoms with Crippen molar-refractivity contribution in [2.24, 2.45) is 11.5 Å². The SMILES string of the molecule is C=C(N)C(=O)Oc1ccc2c(ccc3cc(OC(=O)C(=C)N)ccc32)c1. The molecule has 0 aromatic heterocycles. The van der Waals surface area contributed by atoms with Gasteiger partial charge in [-0.2, -0.15) is 0 Å². The molecule has 0 fully saturated rings. The van der Waals surface area contributed by atoms with Gasteiger partial charge in [-0.3, -0.25) is 0 Å². The molecule has 0 bridgehead atoms. The summed E-state index contributed by atoms with van der Waals surface area (Å²) in [5, 5.41) is 3.67. The minimum absolute atomic E-state index is 0.161. The number of rotatable bonds is 4. The van der Waals surface area contributed by atoms with Crippen molar-refractivity contribution in [1.29, 1.82) is 0 Å². The van der Waals surface area contributed by atoms with Crippen molar-refractivity contribution < 1.29 is 19.1 Å². The Morgan fingerprint density at radius 3 is 1.42 bits per heavy atom. The molecule has 26 heavy (non-hydrogen) atoms. The second kappa shape index (κ2) is 6.60. The first-order valence-corrected chi connectivity index (χ1v) is 7.65. The summed E-state index contributed by atoms with van der Waals surface area (Å²) in [4.78, 5) is 23.1. The third kappa shape index (κ3) is 3.34. The van der Waals surface area contributed by atoms with Gasteiger partial charge in [0.2, 0.25) is 0 Å². The third-order valence-corrected chi connectivity index (χ3v) is 3.72. The van der Waals surface area contributed by atoms with E-state index in [-0.39, 0.29) is 11.4 Å². The van der Waals surface area contributed by atoms with Crippen LogP contribution in [0.4, 0.5) is 0 Å². The molecule has 3 aromatic carbocycles. The lowest BCUT2D eigenvalue weighted by atomic mass is 10.0. The van der Waals surface area contributed by atoms with Gasteiger partial charge in [0, 0.05) is 0 Å². The Bertz CT molecular complexity index is 999. The van der Waals surface area contributed by atoms with E-state index >= 15 is 0 Å². The fourth-order valence-corrected chi connectivity index (χ4v) is 2.50. The van der Waals surface area contributed by atoms with Crippen LogP contribution in [0.25, 0.3) is 21.5 Å². The maximum Gasteiger partial charge on any atom is 0.358 e. The summed E-state index contributed by atoms with van der Waals surface area (Å²) >= 11 is 0. The van der Waals surface area contributed by atoms with Gasteiger partial charge in [-0.25, -0.2) is 9.59 Å². The van der Waals surface area contributed by atoms with Crippen LogP contribution in [-0.4, -0.2) is 11.9 Å². The number of carbonyl (C=O) groups is 2. The van der Waals surface area contributed by atoms with Crippen LogP contribution in [0, 0.1) is 0 Å². The van der Waals surface area contributed by atoms with E-state index in [1.165, 1.54) is 0 Å². The predicted molar refractivity (Wildman–Crippen MR) is 99.4 cm³/mol. The molecule has 0 saturated heterocycles. The predicted octanol–water partition coefficient (Wildman–Crippen LogP) is 2.75. The van der Waals surface area contributed by atoms with Gasteiger partial charge in [0.05, 0.1) is 0 Å². The van der Waals surface area contributed by atoms with Crippen molar-refractivity contribution in [2.75, 3.05) is 0 Å². The number of ether oxygens (including phenoxy) is 2. The van der Waals surface area contributed by atoms with Gasteiger partial charge in [0.1, 0.15) is 22.9 Å². The van der Waals surface area contributed by atoms with Crippen LogP contribution in [0.5, 0.6) is 11.5 Å². The van der Waals surface area contributed by atoms with Crippen molar-refractivity contribution in [3.05, 3.63) is 73.1 Å². The lowest BCUT2D eigenvalue weighted by molar-refractivity contribution is -0.131. The monoisotopic (exact) mass is 348 g/mol. The third-order valence-electron chi connectivity index (χ3n) is 3.72. The Morgan fingerprint density at radius 2 is 1.08 bits per heavy atom. The molecule has 3 rings (SSSR count). The maximum atomic E-state index is 11.5. The molecule has 0 amide bonds. The van der Waals surface area contributed by atoms with Crippen LogP contribution in [0.1, 0.15) is 0 Å². The zero-order chi connectivity index (χ0) is 18.8. The van der Waals surface area contributed by atoms with Gasteiger partial charge >= 0.3 is 11.9 Å². The average Bonchev–Trinajstić information content (AvgIpc) is 2.61. The van der Waals surface area contributed by atoms with E-state index in [1.54, 1.807) is 24.3 Å². The highest BCUT2D eigenvalue weighted by Crippen LogP contribution is 2.30. The van der Waals surface area contributed by atoms with Crippen LogP contribution >= 0.6 is 0 Å². The summed E-state index contributed by atoms with van der Waals surface area (Å²) < 4.78 is 10.3. The Labute approximate surface area is 149 Å². The van der Waals surface area contributed by atoms with E-state index in [4.69, 9.17) is 20.9 Å². The molecule has 0 radical (unpaired) electrons.